The molecule has 14 heavy (non-hydrogen) atoms. The van der Waals surface area contributed by atoms with Crippen LogP contribution in [0.2, 0.25) is 0 Å². The third-order valence-electron chi connectivity index (χ3n) is 4.86. The largest absolute Gasteiger partial charge is 0.370 e. The first-order valence-electron chi connectivity index (χ1n) is 6.00. The molecule has 0 spiro atoms. The van der Waals surface area contributed by atoms with E-state index in [0.717, 1.165) is 23.7 Å². The number of amides is 1. The number of carbonyl (C=O) groups excluding carboxylic acids is 1. The summed E-state index contributed by atoms with van der Waals surface area (Å²) in [6.45, 7) is 0. The quantitative estimate of drug-likeness (QED) is 0.715. The van der Waals surface area contributed by atoms with E-state index in [0.29, 0.717) is 12.3 Å². The van der Waals surface area contributed by atoms with E-state index < -0.39 is 0 Å². The van der Waals surface area contributed by atoms with Crippen LogP contribution < -0.4 is 5.73 Å². The summed E-state index contributed by atoms with van der Waals surface area (Å²) in [6, 6.07) is 0. The summed E-state index contributed by atoms with van der Waals surface area (Å²) in [5.41, 5.74) is 5.33. The van der Waals surface area contributed by atoms with Crippen LogP contribution in [-0.2, 0) is 4.79 Å². The Morgan fingerprint density at radius 2 is 1.50 bits per heavy atom. The van der Waals surface area contributed by atoms with Crippen molar-refractivity contribution in [2.24, 2.45) is 35.3 Å². The predicted octanol–water partition coefficient (Wildman–Crippen LogP) is 1.93. The van der Waals surface area contributed by atoms with E-state index in [-0.39, 0.29) is 5.91 Å². The molecule has 0 atom stereocenters. The van der Waals surface area contributed by atoms with E-state index in [9.17, 15) is 4.79 Å². The summed E-state index contributed by atoms with van der Waals surface area (Å²) in [4.78, 5) is 11.0. The molecule has 4 rings (SSSR count). The molecule has 4 aliphatic carbocycles. The standard InChI is InChI=1S/C12H19NO/c13-12(14)6-11-9-2-7-1-8(4-9)5-10(11)3-7/h7-11H,1-6H2,(H2,13,14). The normalized spacial score (nSPS) is 49.6. The Bertz CT molecular complexity index is 233. The van der Waals surface area contributed by atoms with Gasteiger partial charge in [0.1, 0.15) is 0 Å². The Balaban J connectivity index is 1.77. The molecule has 2 nitrogen and oxygen atoms in total. The lowest BCUT2D eigenvalue weighted by atomic mass is 9.51. The van der Waals surface area contributed by atoms with Crippen molar-refractivity contribution in [3.05, 3.63) is 0 Å². The van der Waals surface area contributed by atoms with Crippen LogP contribution in [0.25, 0.3) is 0 Å². The second-order valence-electron chi connectivity index (χ2n) is 5.77. The SMILES string of the molecule is NC(=O)CC1C2CC3CC(C2)CC1C3. The van der Waals surface area contributed by atoms with E-state index in [1.54, 1.807) is 0 Å². The van der Waals surface area contributed by atoms with Gasteiger partial charge in [0.15, 0.2) is 0 Å². The van der Waals surface area contributed by atoms with Gasteiger partial charge in [-0.2, -0.15) is 0 Å². The second-order valence-corrected chi connectivity index (χ2v) is 5.77. The molecule has 0 aromatic carbocycles. The highest BCUT2D eigenvalue weighted by atomic mass is 16.1. The lowest BCUT2D eigenvalue weighted by Gasteiger charge is -2.54. The number of hydrogen-bond donors (Lipinski definition) is 1. The van der Waals surface area contributed by atoms with Crippen molar-refractivity contribution in [2.45, 2.75) is 38.5 Å². The number of hydrogen-bond acceptors (Lipinski definition) is 1. The Hall–Kier alpha value is -0.530. The van der Waals surface area contributed by atoms with Gasteiger partial charge in [-0.3, -0.25) is 4.79 Å². The molecule has 4 aliphatic rings. The topological polar surface area (TPSA) is 43.1 Å². The first-order valence-corrected chi connectivity index (χ1v) is 6.00. The van der Waals surface area contributed by atoms with Gasteiger partial charge in [0, 0.05) is 6.42 Å². The van der Waals surface area contributed by atoms with Gasteiger partial charge in [-0.05, 0) is 61.7 Å². The molecular weight excluding hydrogens is 174 g/mol. The molecule has 0 aliphatic heterocycles. The van der Waals surface area contributed by atoms with Gasteiger partial charge < -0.3 is 5.73 Å². The summed E-state index contributed by atoms with van der Waals surface area (Å²) in [5, 5.41) is 0. The van der Waals surface area contributed by atoms with Gasteiger partial charge in [-0.15, -0.1) is 0 Å². The second kappa shape index (κ2) is 2.98. The number of nitrogens with two attached hydrogens (primary N) is 1. The Kier molecular flexibility index (Phi) is 1.86. The van der Waals surface area contributed by atoms with Crippen LogP contribution in [0.3, 0.4) is 0 Å². The smallest absolute Gasteiger partial charge is 0.217 e. The van der Waals surface area contributed by atoms with Crippen LogP contribution in [0.15, 0.2) is 0 Å². The Morgan fingerprint density at radius 3 is 1.93 bits per heavy atom. The molecule has 0 heterocycles. The summed E-state index contributed by atoms with van der Waals surface area (Å²) in [7, 11) is 0. The highest BCUT2D eigenvalue weighted by molar-refractivity contribution is 5.74. The lowest BCUT2D eigenvalue weighted by Crippen LogP contribution is -2.46. The van der Waals surface area contributed by atoms with Gasteiger partial charge >= 0.3 is 0 Å². The molecule has 78 valence electrons. The zero-order chi connectivity index (χ0) is 9.71. The molecule has 0 aromatic heterocycles. The van der Waals surface area contributed by atoms with Gasteiger partial charge in [0.25, 0.3) is 0 Å². The number of primary amides is 1. The molecule has 4 saturated carbocycles. The first kappa shape index (κ1) is 8.75. The number of carbonyl (C=O) groups is 1. The van der Waals surface area contributed by atoms with Crippen LogP contribution >= 0.6 is 0 Å². The predicted molar refractivity (Wildman–Crippen MR) is 54.3 cm³/mol. The molecule has 0 aromatic rings. The highest BCUT2D eigenvalue weighted by Gasteiger charge is 2.48. The van der Waals surface area contributed by atoms with E-state index in [1.807, 2.05) is 0 Å². The summed E-state index contributed by atoms with van der Waals surface area (Å²) < 4.78 is 0. The molecule has 1 amide bonds. The maximum absolute atomic E-state index is 11.0. The fourth-order valence-corrected chi connectivity index (χ4v) is 4.60. The van der Waals surface area contributed by atoms with Crippen LogP contribution in [0.1, 0.15) is 38.5 Å². The van der Waals surface area contributed by atoms with Crippen molar-refractivity contribution in [2.75, 3.05) is 0 Å². The van der Waals surface area contributed by atoms with Gasteiger partial charge in [-0.25, -0.2) is 0 Å². The third kappa shape index (κ3) is 1.27. The first-order chi connectivity index (χ1) is 6.72. The fraction of sp³-hybridized carbons (Fsp3) is 0.917. The Morgan fingerprint density at radius 1 is 1.00 bits per heavy atom. The molecule has 0 radical (unpaired) electrons. The van der Waals surface area contributed by atoms with E-state index in [1.165, 1.54) is 32.1 Å². The van der Waals surface area contributed by atoms with Crippen LogP contribution in [0.5, 0.6) is 0 Å². The monoisotopic (exact) mass is 193 g/mol. The zero-order valence-electron chi connectivity index (χ0n) is 8.61. The van der Waals surface area contributed by atoms with Crippen LogP contribution in [-0.4, -0.2) is 5.91 Å². The maximum atomic E-state index is 11.0. The van der Waals surface area contributed by atoms with Crippen molar-refractivity contribution in [1.82, 2.24) is 0 Å². The van der Waals surface area contributed by atoms with Crippen LogP contribution in [0, 0.1) is 29.6 Å². The minimum Gasteiger partial charge on any atom is -0.370 e. The zero-order valence-corrected chi connectivity index (χ0v) is 8.61. The van der Waals surface area contributed by atoms with E-state index in [2.05, 4.69) is 0 Å². The maximum Gasteiger partial charge on any atom is 0.217 e. The van der Waals surface area contributed by atoms with Crippen molar-refractivity contribution in [3.63, 3.8) is 0 Å². The fourth-order valence-electron chi connectivity index (χ4n) is 4.60. The van der Waals surface area contributed by atoms with Crippen molar-refractivity contribution < 1.29 is 4.79 Å². The molecule has 2 heteroatoms. The minimum atomic E-state index is -0.0810. The minimum absolute atomic E-state index is 0.0810. The van der Waals surface area contributed by atoms with E-state index >= 15 is 0 Å². The van der Waals surface area contributed by atoms with Crippen molar-refractivity contribution >= 4 is 5.91 Å². The third-order valence-corrected chi connectivity index (χ3v) is 4.86. The molecule has 0 unspecified atom stereocenters. The Labute approximate surface area is 85.2 Å². The molecule has 0 saturated heterocycles. The average Bonchev–Trinajstić information content (AvgIpc) is 2.09. The average molecular weight is 193 g/mol. The van der Waals surface area contributed by atoms with E-state index in [4.69, 9.17) is 5.73 Å². The summed E-state index contributed by atoms with van der Waals surface area (Å²) in [5.74, 6) is 4.27. The van der Waals surface area contributed by atoms with Gasteiger partial charge in [-0.1, -0.05) is 0 Å². The number of rotatable bonds is 2. The summed E-state index contributed by atoms with van der Waals surface area (Å²) in [6.07, 6.45) is 7.72. The molecule has 4 bridgehead atoms. The van der Waals surface area contributed by atoms with Crippen LogP contribution in [0.4, 0.5) is 0 Å². The van der Waals surface area contributed by atoms with Crippen molar-refractivity contribution in [1.29, 1.82) is 0 Å². The molecule has 4 fully saturated rings. The van der Waals surface area contributed by atoms with Crippen molar-refractivity contribution in [3.8, 4) is 0 Å². The van der Waals surface area contributed by atoms with Gasteiger partial charge in [0.05, 0.1) is 0 Å². The van der Waals surface area contributed by atoms with Gasteiger partial charge in [0.2, 0.25) is 5.91 Å². The molecule has 2 N–H and O–H groups in total. The molecular formula is C12H19NO. The summed E-state index contributed by atoms with van der Waals surface area (Å²) >= 11 is 0. The highest BCUT2D eigenvalue weighted by Crippen LogP contribution is 2.57. The lowest BCUT2D eigenvalue weighted by molar-refractivity contribution is -0.123.